The first-order valence-electron chi connectivity index (χ1n) is 14.0. The van der Waals surface area contributed by atoms with Crippen molar-refractivity contribution in [1.29, 1.82) is 0 Å². The van der Waals surface area contributed by atoms with E-state index in [0.717, 1.165) is 73.3 Å². The van der Waals surface area contributed by atoms with Crippen LogP contribution in [0, 0.1) is 0 Å². The number of benzene rings is 2. The van der Waals surface area contributed by atoms with Gasteiger partial charge in [-0.3, -0.25) is 0 Å². The lowest BCUT2D eigenvalue weighted by Crippen LogP contribution is -2.35. The third-order valence-corrected chi connectivity index (χ3v) is 7.29. The highest BCUT2D eigenvalue weighted by atomic mass is 16.3. The van der Waals surface area contributed by atoms with Crippen LogP contribution >= 0.6 is 0 Å². The predicted octanol–water partition coefficient (Wildman–Crippen LogP) is 5.05. The van der Waals surface area contributed by atoms with Crippen molar-refractivity contribution in [1.82, 2.24) is 20.4 Å². The number of carbonyl (C=O) groups is 2. The molecule has 9 heteroatoms. The summed E-state index contributed by atoms with van der Waals surface area (Å²) in [5.41, 5.74) is 3.30. The first kappa shape index (κ1) is 26.8. The van der Waals surface area contributed by atoms with Gasteiger partial charge < -0.3 is 35.5 Å². The van der Waals surface area contributed by atoms with Crippen LogP contribution in [0.15, 0.2) is 65.1 Å². The molecule has 4 amide bonds. The molecule has 2 aliphatic rings. The van der Waals surface area contributed by atoms with Crippen molar-refractivity contribution in [2.75, 3.05) is 63.0 Å². The Morgan fingerprint density at radius 1 is 0.590 bits per heavy atom. The summed E-state index contributed by atoms with van der Waals surface area (Å²) in [5.74, 6) is 1.48. The molecule has 0 bridgehead atoms. The van der Waals surface area contributed by atoms with E-state index < -0.39 is 0 Å². The van der Waals surface area contributed by atoms with Crippen molar-refractivity contribution in [2.45, 2.75) is 25.7 Å². The molecule has 3 heterocycles. The van der Waals surface area contributed by atoms with Gasteiger partial charge in [0.15, 0.2) is 0 Å². The Morgan fingerprint density at radius 2 is 0.974 bits per heavy atom. The van der Waals surface area contributed by atoms with Crippen molar-refractivity contribution in [2.24, 2.45) is 0 Å². The average molecular weight is 531 g/mol. The predicted molar refractivity (Wildman–Crippen MR) is 155 cm³/mol. The fraction of sp³-hybridized carbons (Fsp3) is 0.400. The molecule has 0 saturated carbocycles. The maximum absolute atomic E-state index is 12.2. The van der Waals surface area contributed by atoms with E-state index in [1.165, 1.54) is 25.7 Å². The Balaban J connectivity index is 1.07. The lowest BCUT2D eigenvalue weighted by molar-refractivity contribution is 0.248. The zero-order valence-corrected chi connectivity index (χ0v) is 22.4. The number of carbonyl (C=O) groups excluding carboxylic acids is 2. The molecular formula is C30H38N6O3. The van der Waals surface area contributed by atoms with Crippen LogP contribution < -0.4 is 21.3 Å². The number of urea groups is 2. The fourth-order valence-electron chi connectivity index (χ4n) is 5.10. The van der Waals surface area contributed by atoms with Gasteiger partial charge in [-0.25, -0.2) is 9.59 Å². The number of amides is 4. The number of likely N-dealkylation sites (tertiary alicyclic amines) is 2. The number of hydrogen-bond acceptors (Lipinski definition) is 5. The largest absolute Gasteiger partial charge is 0.456 e. The molecule has 4 N–H and O–H groups in total. The minimum atomic E-state index is -0.195. The quantitative estimate of drug-likeness (QED) is 0.294. The third kappa shape index (κ3) is 7.84. The summed E-state index contributed by atoms with van der Waals surface area (Å²) in [5, 5.41) is 11.6. The molecule has 2 saturated heterocycles. The van der Waals surface area contributed by atoms with Gasteiger partial charge in [0.1, 0.15) is 11.5 Å². The second-order valence-corrected chi connectivity index (χ2v) is 10.2. The van der Waals surface area contributed by atoms with E-state index in [4.69, 9.17) is 4.42 Å². The van der Waals surface area contributed by atoms with Crippen LogP contribution in [-0.2, 0) is 0 Å². The second kappa shape index (κ2) is 13.3. The maximum atomic E-state index is 12.2. The zero-order valence-electron chi connectivity index (χ0n) is 22.4. The Labute approximate surface area is 229 Å². The van der Waals surface area contributed by atoms with Crippen molar-refractivity contribution >= 4 is 23.4 Å². The summed E-state index contributed by atoms with van der Waals surface area (Å²) in [6.45, 7) is 7.56. The van der Waals surface area contributed by atoms with Crippen molar-refractivity contribution in [3.63, 3.8) is 0 Å². The lowest BCUT2D eigenvalue weighted by Gasteiger charge is -2.15. The number of nitrogens with zero attached hydrogens (tertiary/aromatic N) is 2. The molecule has 39 heavy (non-hydrogen) atoms. The molecule has 2 aromatic carbocycles. The van der Waals surface area contributed by atoms with E-state index in [1.807, 2.05) is 60.7 Å². The summed E-state index contributed by atoms with van der Waals surface area (Å²) in [6.07, 6.45) is 5.00. The summed E-state index contributed by atoms with van der Waals surface area (Å²) in [4.78, 5) is 29.1. The van der Waals surface area contributed by atoms with Gasteiger partial charge in [-0.05, 0) is 113 Å². The van der Waals surface area contributed by atoms with Crippen molar-refractivity contribution in [3.8, 4) is 22.6 Å². The standard InChI is InChI=1S/C30H38N6O3/c37-29(31-15-21-35-17-1-2-18-35)33-25-9-5-23(6-10-25)27-13-14-28(39-27)24-7-11-26(12-8-24)34-30(38)32-16-22-36-19-3-4-20-36/h5-14H,1-4,15-22H2,(H2,31,33,37)(H2,32,34,38). The number of hydrogen-bond donors (Lipinski definition) is 4. The van der Waals surface area contributed by atoms with E-state index in [0.29, 0.717) is 13.1 Å². The normalized spacial score (nSPS) is 15.8. The smallest absolute Gasteiger partial charge is 0.319 e. The van der Waals surface area contributed by atoms with Gasteiger partial charge in [0.2, 0.25) is 0 Å². The van der Waals surface area contributed by atoms with Crippen LogP contribution in [0.1, 0.15) is 25.7 Å². The number of furan rings is 1. The molecule has 3 aromatic rings. The van der Waals surface area contributed by atoms with Gasteiger partial charge in [-0.2, -0.15) is 0 Å². The highest BCUT2D eigenvalue weighted by molar-refractivity contribution is 5.90. The summed E-state index contributed by atoms with van der Waals surface area (Å²) in [6, 6.07) is 18.7. The molecule has 0 unspecified atom stereocenters. The van der Waals surface area contributed by atoms with Gasteiger partial charge in [-0.1, -0.05) is 0 Å². The summed E-state index contributed by atoms with van der Waals surface area (Å²) < 4.78 is 6.09. The molecule has 0 atom stereocenters. The van der Waals surface area contributed by atoms with Crippen molar-refractivity contribution < 1.29 is 14.0 Å². The molecule has 0 spiro atoms. The van der Waals surface area contributed by atoms with Gasteiger partial charge >= 0.3 is 12.1 Å². The molecule has 2 aliphatic heterocycles. The van der Waals surface area contributed by atoms with Gasteiger partial charge in [-0.15, -0.1) is 0 Å². The summed E-state index contributed by atoms with van der Waals surface area (Å²) in [7, 11) is 0. The first-order valence-corrected chi connectivity index (χ1v) is 14.0. The molecule has 206 valence electrons. The molecule has 5 rings (SSSR count). The van der Waals surface area contributed by atoms with Gasteiger partial charge in [0.05, 0.1) is 0 Å². The minimum absolute atomic E-state index is 0.195. The van der Waals surface area contributed by atoms with Crippen LogP contribution in [0.4, 0.5) is 21.0 Å². The maximum Gasteiger partial charge on any atom is 0.319 e. The Morgan fingerprint density at radius 3 is 1.36 bits per heavy atom. The van der Waals surface area contributed by atoms with Crippen molar-refractivity contribution in [3.05, 3.63) is 60.7 Å². The van der Waals surface area contributed by atoms with E-state index in [1.54, 1.807) is 0 Å². The molecule has 1 aromatic heterocycles. The molecule has 0 aliphatic carbocycles. The minimum Gasteiger partial charge on any atom is -0.456 e. The first-order chi connectivity index (χ1) is 19.1. The monoisotopic (exact) mass is 530 g/mol. The number of rotatable bonds is 10. The SMILES string of the molecule is O=C(NCCN1CCCC1)Nc1ccc(-c2ccc(-c3ccc(NC(=O)NCCN4CCCC4)cc3)o2)cc1. The Bertz CT molecular complexity index is 1120. The zero-order chi connectivity index (χ0) is 26.9. The van der Waals surface area contributed by atoms with E-state index in [-0.39, 0.29) is 12.1 Å². The highest BCUT2D eigenvalue weighted by Gasteiger charge is 2.13. The molecule has 9 nitrogen and oxygen atoms in total. The van der Waals surface area contributed by atoms with E-state index in [9.17, 15) is 9.59 Å². The highest BCUT2D eigenvalue weighted by Crippen LogP contribution is 2.30. The van der Waals surface area contributed by atoms with Crippen LogP contribution in [0.25, 0.3) is 22.6 Å². The van der Waals surface area contributed by atoms with Crippen LogP contribution in [-0.4, -0.2) is 74.2 Å². The number of anilines is 2. The van der Waals surface area contributed by atoms with Crippen LogP contribution in [0.3, 0.4) is 0 Å². The Kier molecular flexibility index (Phi) is 9.13. The lowest BCUT2D eigenvalue weighted by atomic mass is 10.1. The van der Waals surface area contributed by atoms with Crippen LogP contribution in [0.5, 0.6) is 0 Å². The second-order valence-electron chi connectivity index (χ2n) is 10.2. The molecule has 2 fully saturated rings. The molecule has 0 radical (unpaired) electrons. The van der Waals surface area contributed by atoms with Crippen LogP contribution in [0.2, 0.25) is 0 Å². The topological polar surface area (TPSA) is 102 Å². The third-order valence-electron chi connectivity index (χ3n) is 7.29. The van der Waals surface area contributed by atoms with Gasteiger partial charge in [0.25, 0.3) is 0 Å². The van der Waals surface area contributed by atoms with E-state index in [2.05, 4.69) is 31.1 Å². The Hall–Kier alpha value is -3.82. The van der Waals surface area contributed by atoms with E-state index >= 15 is 0 Å². The average Bonchev–Trinajstić information content (AvgIpc) is 3.73. The number of nitrogens with one attached hydrogen (secondary N) is 4. The summed E-state index contributed by atoms with van der Waals surface area (Å²) >= 11 is 0. The molecular weight excluding hydrogens is 492 g/mol. The fourth-order valence-corrected chi connectivity index (χ4v) is 5.10. The van der Waals surface area contributed by atoms with Gasteiger partial charge in [0, 0.05) is 48.7 Å².